The van der Waals surface area contributed by atoms with Crippen molar-refractivity contribution < 1.29 is 14.6 Å². The van der Waals surface area contributed by atoms with Gasteiger partial charge in [0.25, 0.3) is 0 Å². The SMILES string of the molecule is COc1ccc(/C=N/NC(=O)Cc2ccc(Cl)cc2)c(O)c1. The number of carbonyl (C=O) groups is 1. The molecule has 0 fully saturated rings. The summed E-state index contributed by atoms with van der Waals surface area (Å²) < 4.78 is 4.98. The van der Waals surface area contributed by atoms with Crippen LogP contribution in [0.1, 0.15) is 11.1 Å². The number of aromatic hydroxyl groups is 1. The number of benzene rings is 2. The third-order valence-corrected chi connectivity index (χ3v) is 3.16. The average Bonchev–Trinajstić information content (AvgIpc) is 2.51. The molecule has 2 rings (SSSR count). The lowest BCUT2D eigenvalue weighted by Gasteiger charge is -2.03. The van der Waals surface area contributed by atoms with Crippen LogP contribution in [-0.2, 0) is 11.2 Å². The van der Waals surface area contributed by atoms with Crippen LogP contribution in [0.4, 0.5) is 0 Å². The third kappa shape index (κ3) is 4.49. The van der Waals surface area contributed by atoms with E-state index in [1.807, 2.05) is 0 Å². The summed E-state index contributed by atoms with van der Waals surface area (Å²) >= 11 is 5.78. The highest BCUT2D eigenvalue weighted by molar-refractivity contribution is 6.30. The molecule has 0 aliphatic rings. The van der Waals surface area contributed by atoms with E-state index in [1.165, 1.54) is 19.4 Å². The second-order valence-corrected chi connectivity index (χ2v) is 4.96. The van der Waals surface area contributed by atoms with Crippen LogP contribution in [0.2, 0.25) is 5.02 Å². The zero-order valence-electron chi connectivity index (χ0n) is 11.9. The Morgan fingerprint density at radius 3 is 2.68 bits per heavy atom. The van der Waals surface area contributed by atoms with Crippen LogP contribution >= 0.6 is 11.6 Å². The molecule has 0 bridgehead atoms. The van der Waals surface area contributed by atoms with Gasteiger partial charge in [-0.25, -0.2) is 5.43 Å². The number of nitrogens with zero attached hydrogens (tertiary/aromatic N) is 1. The standard InChI is InChI=1S/C16H15ClN2O3/c1-22-14-7-4-12(15(20)9-14)10-18-19-16(21)8-11-2-5-13(17)6-3-11/h2-7,9-10,20H,8H2,1H3,(H,19,21)/b18-10+. The van der Waals surface area contributed by atoms with Crippen molar-refractivity contribution in [2.24, 2.45) is 5.10 Å². The van der Waals surface area contributed by atoms with Gasteiger partial charge in [0.15, 0.2) is 0 Å². The number of amides is 1. The first kappa shape index (κ1) is 15.9. The Bertz CT molecular complexity index is 684. The summed E-state index contributed by atoms with van der Waals surface area (Å²) in [6, 6.07) is 11.8. The van der Waals surface area contributed by atoms with E-state index in [1.54, 1.807) is 36.4 Å². The number of hydrogen-bond donors (Lipinski definition) is 2. The normalized spacial score (nSPS) is 10.6. The van der Waals surface area contributed by atoms with Crippen molar-refractivity contribution in [1.29, 1.82) is 0 Å². The van der Waals surface area contributed by atoms with E-state index >= 15 is 0 Å². The largest absolute Gasteiger partial charge is 0.507 e. The van der Waals surface area contributed by atoms with Crippen LogP contribution in [0.15, 0.2) is 47.6 Å². The van der Waals surface area contributed by atoms with Crippen LogP contribution in [0.25, 0.3) is 0 Å². The van der Waals surface area contributed by atoms with Crippen molar-refractivity contribution in [2.75, 3.05) is 7.11 Å². The van der Waals surface area contributed by atoms with Gasteiger partial charge in [-0.05, 0) is 29.8 Å². The van der Waals surface area contributed by atoms with Gasteiger partial charge in [0.05, 0.1) is 19.7 Å². The van der Waals surface area contributed by atoms with E-state index in [0.29, 0.717) is 16.3 Å². The molecule has 114 valence electrons. The molecule has 0 aliphatic carbocycles. The van der Waals surface area contributed by atoms with Gasteiger partial charge >= 0.3 is 0 Å². The molecule has 0 unspecified atom stereocenters. The fraction of sp³-hybridized carbons (Fsp3) is 0.125. The van der Waals surface area contributed by atoms with Gasteiger partial charge in [0, 0.05) is 16.7 Å². The Kier molecular flexibility index (Phi) is 5.38. The molecule has 0 heterocycles. The highest BCUT2D eigenvalue weighted by Crippen LogP contribution is 2.21. The number of ether oxygens (including phenoxy) is 1. The summed E-state index contributed by atoms with van der Waals surface area (Å²) in [5.74, 6) is 0.308. The quantitative estimate of drug-likeness (QED) is 0.658. The molecular formula is C16H15ClN2O3. The highest BCUT2D eigenvalue weighted by atomic mass is 35.5. The predicted octanol–water partition coefficient (Wildman–Crippen LogP) is 2.75. The molecule has 22 heavy (non-hydrogen) atoms. The van der Waals surface area contributed by atoms with Gasteiger partial charge < -0.3 is 9.84 Å². The maximum absolute atomic E-state index is 11.7. The minimum absolute atomic E-state index is 0.0232. The summed E-state index contributed by atoms with van der Waals surface area (Å²) in [6.07, 6.45) is 1.57. The number of phenolic OH excluding ortho intramolecular Hbond substituents is 1. The summed E-state index contributed by atoms with van der Waals surface area (Å²) in [7, 11) is 1.51. The van der Waals surface area contributed by atoms with Crippen LogP contribution < -0.4 is 10.2 Å². The molecule has 0 aromatic heterocycles. The zero-order valence-corrected chi connectivity index (χ0v) is 12.7. The number of rotatable bonds is 5. The number of hydrazone groups is 1. The van der Waals surface area contributed by atoms with Gasteiger partial charge in [0.2, 0.25) is 5.91 Å². The van der Waals surface area contributed by atoms with Crippen molar-refractivity contribution in [1.82, 2.24) is 5.43 Å². The van der Waals surface area contributed by atoms with Gasteiger partial charge in [-0.2, -0.15) is 5.10 Å². The first-order valence-corrected chi connectivity index (χ1v) is 6.89. The highest BCUT2D eigenvalue weighted by Gasteiger charge is 2.03. The Balaban J connectivity index is 1.91. The fourth-order valence-corrected chi connectivity index (χ4v) is 1.89. The molecule has 1 amide bonds. The van der Waals surface area contributed by atoms with Crippen molar-refractivity contribution >= 4 is 23.7 Å². The fourth-order valence-electron chi connectivity index (χ4n) is 1.76. The second-order valence-electron chi connectivity index (χ2n) is 4.52. The number of phenols is 1. The number of methoxy groups -OCH3 is 1. The van der Waals surface area contributed by atoms with E-state index in [2.05, 4.69) is 10.5 Å². The van der Waals surface area contributed by atoms with Gasteiger partial charge in [-0.1, -0.05) is 23.7 Å². The topological polar surface area (TPSA) is 70.9 Å². The lowest BCUT2D eigenvalue weighted by molar-refractivity contribution is -0.120. The van der Waals surface area contributed by atoms with Crippen molar-refractivity contribution in [2.45, 2.75) is 6.42 Å². The van der Waals surface area contributed by atoms with Gasteiger partial charge in [0.1, 0.15) is 11.5 Å². The maximum Gasteiger partial charge on any atom is 0.244 e. The molecule has 6 heteroatoms. The summed E-state index contributed by atoms with van der Waals surface area (Å²) in [4.78, 5) is 11.7. The van der Waals surface area contributed by atoms with Crippen LogP contribution in [0.3, 0.4) is 0 Å². The lowest BCUT2D eigenvalue weighted by Crippen LogP contribution is -2.19. The Morgan fingerprint density at radius 2 is 2.05 bits per heavy atom. The van der Waals surface area contributed by atoms with Crippen LogP contribution in [0, 0.1) is 0 Å². The smallest absolute Gasteiger partial charge is 0.244 e. The molecule has 5 nitrogen and oxygen atoms in total. The predicted molar refractivity (Wildman–Crippen MR) is 85.6 cm³/mol. The zero-order chi connectivity index (χ0) is 15.9. The number of hydrogen-bond acceptors (Lipinski definition) is 4. The van der Waals surface area contributed by atoms with E-state index < -0.39 is 0 Å². The summed E-state index contributed by atoms with van der Waals surface area (Å²) in [6.45, 7) is 0. The van der Waals surface area contributed by atoms with Gasteiger partial charge in [-0.15, -0.1) is 0 Å². The Labute approximate surface area is 133 Å². The monoisotopic (exact) mass is 318 g/mol. The maximum atomic E-state index is 11.7. The van der Waals surface area contributed by atoms with E-state index in [9.17, 15) is 9.90 Å². The molecule has 0 radical (unpaired) electrons. The number of nitrogens with one attached hydrogen (secondary N) is 1. The summed E-state index contributed by atoms with van der Waals surface area (Å²) in [5.41, 5.74) is 3.72. The van der Waals surface area contributed by atoms with Gasteiger partial charge in [-0.3, -0.25) is 4.79 Å². The van der Waals surface area contributed by atoms with Crippen LogP contribution in [-0.4, -0.2) is 24.3 Å². The molecule has 2 aromatic rings. The molecule has 2 N–H and O–H groups in total. The minimum Gasteiger partial charge on any atom is -0.507 e. The molecule has 0 saturated carbocycles. The first-order chi connectivity index (χ1) is 10.6. The number of halogens is 1. The minimum atomic E-state index is -0.258. The Morgan fingerprint density at radius 1 is 1.32 bits per heavy atom. The molecule has 0 atom stereocenters. The van der Waals surface area contributed by atoms with E-state index in [0.717, 1.165) is 5.56 Å². The number of carbonyl (C=O) groups excluding carboxylic acids is 1. The van der Waals surface area contributed by atoms with Crippen LogP contribution in [0.5, 0.6) is 11.5 Å². The van der Waals surface area contributed by atoms with Crippen molar-refractivity contribution in [3.8, 4) is 11.5 Å². The summed E-state index contributed by atoms with van der Waals surface area (Å²) in [5, 5.41) is 14.2. The first-order valence-electron chi connectivity index (χ1n) is 6.52. The molecule has 0 spiro atoms. The Hall–Kier alpha value is -2.53. The molecular weight excluding hydrogens is 304 g/mol. The molecule has 0 aliphatic heterocycles. The molecule has 2 aromatic carbocycles. The van der Waals surface area contributed by atoms with E-state index in [4.69, 9.17) is 16.3 Å². The lowest BCUT2D eigenvalue weighted by atomic mass is 10.1. The van der Waals surface area contributed by atoms with E-state index in [-0.39, 0.29) is 18.1 Å². The average molecular weight is 319 g/mol. The van der Waals surface area contributed by atoms with Crippen molar-refractivity contribution in [3.63, 3.8) is 0 Å². The second kappa shape index (κ2) is 7.47. The third-order valence-electron chi connectivity index (χ3n) is 2.91. The van der Waals surface area contributed by atoms with Crippen molar-refractivity contribution in [3.05, 3.63) is 58.6 Å². The molecule has 0 saturated heterocycles.